The van der Waals surface area contributed by atoms with Gasteiger partial charge in [0.15, 0.2) is 0 Å². The van der Waals surface area contributed by atoms with Gasteiger partial charge < -0.3 is 10.1 Å². The van der Waals surface area contributed by atoms with Crippen LogP contribution in [-0.2, 0) is 11.3 Å². The maximum Gasteiger partial charge on any atom is 0.338 e. The van der Waals surface area contributed by atoms with Gasteiger partial charge in [0.25, 0.3) is 11.2 Å². The predicted molar refractivity (Wildman–Crippen MR) is 98.0 cm³/mol. The molecular weight excluding hydrogens is 352 g/mol. The number of benzene rings is 1. The van der Waals surface area contributed by atoms with Crippen LogP contribution >= 0.6 is 0 Å². The van der Waals surface area contributed by atoms with Crippen molar-refractivity contribution in [2.45, 2.75) is 13.5 Å². The Morgan fingerprint density at radius 3 is 2.78 bits per heavy atom. The molecule has 0 saturated carbocycles. The summed E-state index contributed by atoms with van der Waals surface area (Å²) in [5, 5.41) is 13.8. The van der Waals surface area contributed by atoms with Crippen molar-refractivity contribution in [2.24, 2.45) is 0 Å². The summed E-state index contributed by atoms with van der Waals surface area (Å²) >= 11 is 0. The van der Waals surface area contributed by atoms with Crippen LogP contribution in [0, 0.1) is 17.0 Å². The van der Waals surface area contributed by atoms with E-state index in [0.717, 1.165) is 11.6 Å². The van der Waals surface area contributed by atoms with Crippen LogP contribution in [-0.4, -0.2) is 27.3 Å². The van der Waals surface area contributed by atoms with E-state index in [9.17, 15) is 19.7 Å². The number of hydrogen-bond acceptors (Lipinski definition) is 7. The zero-order valence-electron chi connectivity index (χ0n) is 14.6. The van der Waals surface area contributed by atoms with E-state index in [1.807, 2.05) is 13.0 Å². The van der Waals surface area contributed by atoms with Gasteiger partial charge in [0.2, 0.25) is 0 Å². The number of nitrogens with one attached hydrogen (secondary N) is 1. The van der Waals surface area contributed by atoms with Crippen molar-refractivity contribution in [3.05, 3.63) is 79.9 Å². The average Bonchev–Trinajstić information content (AvgIpc) is 2.66. The van der Waals surface area contributed by atoms with Crippen LogP contribution in [0.15, 0.2) is 47.4 Å². The molecule has 2 heterocycles. The third-order valence-electron chi connectivity index (χ3n) is 3.91. The number of nitro groups is 1. The number of pyridine rings is 1. The average molecular weight is 368 g/mol. The van der Waals surface area contributed by atoms with Crippen LogP contribution in [0.5, 0.6) is 0 Å². The number of aromatic nitrogens is 2. The van der Waals surface area contributed by atoms with Crippen LogP contribution in [0.3, 0.4) is 0 Å². The topological polar surface area (TPSA) is 116 Å². The fourth-order valence-corrected chi connectivity index (χ4v) is 2.58. The third kappa shape index (κ3) is 3.76. The van der Waals surface area contributed by atoms with E-state index in [0.29, 0.717) is 11.3 Å². The molecule has 0 aliphatic carbocycles. The van der Waals surface area contributed by atoms with Gasteiger partial charge in [-0.1, -0.05) is 6.07 Å². The van der Waals surface area contributed by atoms with Crippen LogP contribution < -0.4 is 10.9 Å². The molecule has 9 nitrogen and oxygen atoms in total. The fraction of sp³-hybridized carbons (Fsp3) is 0.167. The molecule has 0 bridgehead atoms. The summed E-state index contributed by atoms with van der Waals surface area (Å²) < 4.78 is 6.56. The number of nitro benzene ring substituents is 1. The molecule has 9 heteroatoms. The normalized spacial score (nSPS) is 10.6. The van der Waals surface area contributed by atoms with Gasteiger partial charge in [-0.3, -0.25) is 19.3 Å². The Labute approximate surface area is 153 Å². The van der Waals surface area contributed by atoms with Gasteiger partial charge in [-0.25, -0.2) is 9.78 Å². The van der Waals surface area contributed by atoms with Gasteiger partial charge in [0, 0.05) is 25.4 Å². The highest BCUT2D eigenvalue weighted by atomic mass is 16.6. The molecule has 1 N–H and O–H groups in total. The molecule has 0 amide bonds. The Bertz CT molecular complexity index is 1110. The number of aryl methyl sites for hydroxylation is 1. The number of esters is 1. The predicted octanol–water partition coefficient (Wildman–Crippen LogP) is 2.31. The third-order valence-corrected chi connectivity index (χ3v) is 3.91. The smallest absolute Gasteiger partial charge is 0.338 e. The van der Waals surface area contributed by atoms with Crippen molar-refractivity contribution in [3.63, 3.8) is 0 Å². The van der Waals surface area contributed by atoms with E-state index in [1.54, 1.807) is 19.3 Å². The van der Waals surface area contributed by atoms with E-state index in [4.69, 9.17) is 4.74 Å². The zero-order chi connectivity index (χ0) is 19.6. The van der Waals surface area contributed by atoms with Crippen molar-refractivity contribution < 1.29 is 14.5 Å². The lowest BCUT2D eigenvalue weighted by atomic mass is 10.1. The molecule has 3 aromatic rings. The van der Waals surface area contributed by atoms with Gasteiger partial charge in [0.05, 0.1) is 16.2 Å². The quantitative estimate of drug-likeness (QED) is 0.417. The lowest BCUT2D eigenvalue weighted by Crippen LogP contribution is -2.17. The molecule has 0 atom stereocenters. The Kier molecular flexibility index (Phi) is 4.84. The highest BCUT2D eigenvalue weighted by molar-refractivity contribution is 5.91. The van der Waals surface area contributed by atoms with Gasteiger partial charge in [-0.15, -0.1) is 0 Å². The number of ether oxygens (including phenoxy) is 1. The minimum absolute atomic E-state index is 0.0360. The van der Waals surface area contributed by atoms with Crippen molar-refractivity contribution in [2.75, 3.05) is 12.4 Å². The summed E-state index contributed by atoms with van der Waals surface area (Å²) in [6.45, 7) is 1.64. The maximum atomic E-state index is 12.2. The Morgan fingerprint density at radius 2 is 2.07 bits per heavy atom. The van der Waals surface area contributed by atoms with Crippen molar-refractivity contribution in [3.8, 4) is 0 Å². The second kappa shape index (κ2) is 7.24. The molecule has 3 rings (SSSR count). The van der Waals surface area contributed by atoms with Crippen molar-refractivity contribution in [1.82, 2.24) is 9.38 Å². The molecule has 0 unspecified atom stereocenters. The summed E-state index contributed by atoms with van der Waals surface area (Å²) in [4.78, 5) is 39.2. The number of carbonyl (C=O) groups is 1. The number of rotatable bonds is 5. The Balaban J connectivity index is 1.81. The van der Waals surface area contributed by atoms with E-state index in [2.05, 4.69) is 10.3 Å². The van der Waals surface area contributed by atoms with E-state index in [-0.39, 0.29) is 29.1 Å². The highest BCUT2D eigenvalue weighted by Gasteiger charge is 2.18. The lowest BCUT2D eigenvalue weighted by Gasteiger charge is -2.08. The summed E-state index contributed by atoms with van der Waals surface area (Å²) in [6, 6.07) is 8.79. The van der Waals surface area contributed by atoms with Crippen LogP contribution in [0.2, 0.25) is 0 Å². The van der Waals surface area contributed by atoms with Crippen LogP contribution in [0.4, 0.5) is 11.4 Å². The minimum Gasteiger partial charge on any atom is -0.456 e. The Morgan fingerprint density at radius 1 is 1.30 bits per heavy atom. The molecule has 138 valence electrons. The van der Waals surface area contributed by atoms with Gasteiger partial charge in [0.1, 0.15) is 17.9 Å². The summed E-state index contributed by atoms with van der Waals surface area (Å²) in [7, 11) is 1.55. The second-order valence-electron chi connectivity index (χ2n) is 5.84. The SMILES string of the molecule is CNc1ccc(C(=O)OCc2cc(=O)n3cc(C)ccc3n2)cc1[N+](=O)[O-]. The lowest BCUT2D eigenvalue weighted by molar-refractivity contribution is -0.384. The molecule has 0 fully saturated rings. The number of carbonyl (C=O) groups excluding carboxylic acids is 1. The molecule has 0 saturated heterocycles. The summed E-state index contributed by atoms with van der Waals surface area (Å²) in [6.07, 6.45) is 1.67. The van der Waals surface area contributed by atoms with Gasteiger partial charge in [-0.05, 0) is 30.7 Å². The summed E-state index contributed by atoms with van der Waals surface area (Å²) in [5.41, 5.74) is 1.45. The van der Waals surface area contributed by atoms with E-state index < -0.39 is 10.9 Å². The van der Waals surface area contributed by atoms with Crippen molar-refractivity contribution in [1.29, 1.82) is 0 Å². The van der Waals surface area contributed by atoms with Crippen LogP contribution in [0.25, 0.3) is 5.65 Å². The molecule has 0 radical (unpaired) electrons. The number of hydrogen-bond donors (Lipinski definition) is 1. The number of anilines is 1. The number of nitrogens with zero attached hydrogens (tertiary/aromatic N) is 3. The maximum absolute atomic E-state index is 12.2. The molecule has 2 aromatic heterocycles. The first-order chi connectivity index (χ1) is 12.9. The molecular formula is C18H16N4O5. The van der Waals surface area contributed by atoms with Crippen molar-refractivity contribution >= 4 is 23.0 Å². The first kappa shape index (κ1) is 18.1. The van der Waals surface area contributed by atoms with E-state index >= 15 is 0 Å². The standard InChI is InChI=1S/C18H16N4O5/c1-11-3-6-16-20-13(8-17(23)21(16)9-11)10-27-18(24)12-4-5-14(19-2)15(7-12)22(25)26/h3-9,19H,10H2,1-2H3. The Hall–Kier alpha value is -3.75. The fourth-order valence-electron chi connectivity index (χ4n) is 2.58. The molecule has 27 heavy (non-hydrogen) atoms. The molecule has 0 aliphatic heterocycles. The highest BCUT2D eigenvalue weighted by Crippen LogP contribution is 2.25. The number of fused-ring (bicyclic) bond motifs is 1. The van der Waals surface area contributed by atoms with Gasteiger partial charge >= 0.3 is 5.97 Å². The minimum atomic E-state index is -0.744. The zero-order valence-corrected chi connectivity index (χ0v) is 14.6. The van der Waals surface area contributed by atoms with E-state index in [1.165, 1.54) is 22.6 Å². The largest absolute Gasteiger partial charge is 0.456 e. The monoisotopic (exact) mass is 368 g/mol. The second-order valence-corrected chi connectivity index (χ2v) is 5.84. The molecule has 0 spiro atoms. The molecule has 0 aliphatic rings. The van der Waals surface area contributed by atoms with Gasteiger partial charge in [-0.2, -0.15) is 0 Å². The van der Waals surface area contributed by atoms with Crippen LogP contribution in [0.1, 0.15) is 21.6 Å². The summed E-state index contributed by atoms with van der Waals surface area (Å²) in [5.74, 6) is -0.744. The first-order valence-corrected chi connectivity index (χ1v) is 8.01. The first-order valence-electron chi connectivity index (χ1n) is 8.01. The molecule has 1 aromatic carbocycles.